The third kappa shape index (κ3) is 4.82. The summed E-state index contributed by atoms with van der Waals surface area (Å²) in [6, 6.07) is 4.09. The lowest BCUT2D eigenvalue weighted by Gasteiger charge is -2.21. The lowest BCUT2D eigenvalue weighted by atomic mass is 10.2. The Morgan fingerprint density at radius 2 is 2.00 bits per heavy atom. The fraction of sp³-hybridized carbons (Fsp3) is 0.385. The number of nitrogens with zero attached hydrogens (tertiary/aromatic N) is 1. The average molecular weight is 345 g/mol. The van der Waals surface area contributed by atoms with Gasteiger partial charge in [-0.1, -0.05) is 22.9 Å². The number of urea groups is 1. The first-order chi connectivity index (χ1) is 9.47. The highest BCUT2D eigenvalue weighted by Crippen LogP contribution is 2.20. The summed E-state index contributed by atoms with van der Waals surface area (Å²) in [5.74, 6) is -1.07. The average Bonchev–Trinajstić information content (AvgIpc) is 2.37. The zero-order valence-electron chi connectivity index (χ0n) is 11.1. The van der Waals surface area contributed by atoms with E-state index in [4.69, 9.17) is 10.2 Å². The number of carbonyl (C=O) groups excluding carboxylic acids is 1. The number of aliphatic hydroxyl groups is 1. The van der Waals surface area contributed by atoms with Gasteiger partial charge in [0, 0.05) is 23.2 Å². The molecule has 7 heteroatoms. The van der Waals surface area contributed by atoms with Crippen LogP contribution in [0.4, 0.5) is 10.5 Å². The van der Waals surface area contributed by atoms with E-state index in [9.17, 15) is 9.59 Å². The van der Waals surface area contributed by atoms with Crippen molar-refractivity contribution < 1.29 is 19.8 Å². The van der Waals surface area contributed by atoms with Crippen LogP contribution in [0.1, 0.15) is 23.7 Å². The molecule has 0 fully saturated rings. The normalized spacial score (nSPS) is 10.2. The van der Waals surface area contributed by atoms with Gasteiger partial charge in [-0.05, 0) is 24.6 Å². The van der Waals surface area contributed by atoms with Crippen LogP contribution in [-0.4, -0.2) is 46.8 Å². The third-order valence-electron chi connectivity index (χ3n) is 2.55. The maximum atomic E-state index is 12.0. The zero-order chi connectivity index (χ0) is 15.1. The molecule has 1 aromatic rings. The Bertz CT molecular complexity index is 487. The van der Waals surface area contributed by atoms with E-state index in [1.54, 1.807) is 6.07 Å². The number of aliphatic hydroxyl groups excluding tert-OH is 1. The number of anilines is 1. The molecule has 0 saturated heterocycles. The van der Waals surface area contributed by atoms with Crippen LogP contribution >= 0.6 is 15.9 Å². The monoisotopic (exact) mass is 344 g/mol. The second-order valence-corrected chi connectivity index (χ2v) is 5.09. The summed E-state index contributed by atoms with van der Waals surface area (Å²) in [6.07, 6.45) is 0.770. The molecule has 0 radical (unpaired) electrons. The van der Waals surface area contributed by atoms with E-state index in [2.05, 4.69) is 21.2 Å². The van der Waals surface area contributed by atoms with E-state index >= 15 is 0 Å². The van der Waals surface area contributed by atoms with Crippen LogP contribution in [-0.2, 0) is 0 Å². The molecule has 0 aliphatic carbocycles. The molecule has 0 bridgehead atoms. The van der Waals surface area contributed by atoms with Gasteiger partial charge in [0.1, 0.15) is 0 Å². The number of aromatic carboxylic acids is 1. The number of rotatable bonds is 6. The number of benzene rings is 1. The van der Waals surface area contributed by atoms with Gasteiger partial charge in [0.15, 0.2) is 0 Å². The standard InChI is InChI=1S/C13H17BrN2O4/c1-2-3-16(4-5-17)13(20)15-11-7-9(12(18)19)6-10(14)8-11/h6-8,17H,2-5H2,1H3,(H,15,20)(H,18,19). The van der Waals surface area contributed by atoms with E-state index in [0.29, 0.717) is 16.7 Å². The van der Waals surface area contributed by atoms with Gasteiger partial charge in [-0.2, -0.15) is 0 Å². The van der Waals surface area contributed by atoms with Crippen molar-refractivity contribution in [3.8, 4) is 0 Å². The van der Waals surface area contributed by atoms with E-state index < -0.39 is 5.97 Å². The summed E-state index contributed by atoms with van der Waals surface area (Å²) in [6.45, 7) is 2.57. The Morgan fingerprint density at radius 1 is 1.30 bits per heavy atom. The Hall–Kier alpha value is -1.60. The molecule has 0 unspecified atom stereocenters. The van der Waals surface area contributed by atoms with E-state index in [-0.39, 0.29) is 24.7 Å². The van der Waals surface area contributed by atoms with Crippen molar-refractivity contribution in [1.82, 2.24) is 4.90 Å². The predicted molar refractivity (Wildman–Crippen MR) is 79.1 cm³/mol. The molecule has 3 N–H and O–H groups in total. The number of halogens is 1. The summed E-state index contributed by atoms with van der Waals surface area (Å²) in [4.78, 5) is 24.5. The number of hydrogen-bond donors (Lipinski definition) is 3. The van der Waals surface area contributed by atoms with Crippen molar-refractivity contribution in [3.63, 3.8) is 0 Å². The number of nitrogens with one attached hydrogen (secondary N) is 1. The molecule has 1 aromatic carbocycles. The fourth-order valence-electron chi connectivity index (χ4n) is 1.69. The topological polar surface area (TPSA) is 89.9 Å². The Balaban J connectivity index is 2.85. The van der Waals surface area contributed by atoms with E-state index in [1.165, 1.54) is 17.0 Å². The van der Waals surface area contributed by atoms with Gasteiger partial charge < -0.3 is 20.4 Å². The van der Waals surface area contributed by atoms with Crippen LogP contribution in [0.25, 0.3) is 0 Å². The highest BCUT2D eigenvalue weighted by atomic mass is 79.9. The zero-order valence-corrected chi connectivity index (χ0v) is 12.7. The maximum Gasteiger partial charge on any atom is 0.335 e. The molecule has 0 aliphatic rings. The first kappa shape index (κ1) is 16.5. The molecule has 2 amide bonds. The van der Waals surface area contributed by atoms with Crippen LogP contribution in [0.2, 0.25) is 0 Å². The Morgan fingerprint density at radius 3 is 2.55 bits per heavy atom. The number of carboxylic acids is 1. The maximum absolute atomic E-state index is 12.0. The number of hydrogen-bond acceptors (Lipinski definition) is 3. The largest absolute Gasteiger partial charge is 0.478 e. The minimum Gasteiger partial charge on any atom is -0.478 e. The minimum absolute atomic E-state index is 0.0823. The molecule has 0 atom stereocenters. The van der Waals surface area contributed by atoms with Gasteiger partial charge in [-0.15, -0.1) is 0 Å². The number of carbonyl (C=O) groups is 2. The summed E-state index contributed by atoms with van der Waals surface area (Å²) in [5.41, 5.74) is 0.472. The lowest BCUT2D eigenvalue weighted by Crippen LogP contribution is -2.37. The van der Waals surface area contributed by atoms with Crippen LogP contribution < -0.4 is 5.32 Å². The molecule has 0 saturated carbocycles. The van der Waals surface area contributed by atoms with Gasteiger partial charge in [0.05, 0.1) is 12.2 Å². The Kier molecular flexibility index (Phi) is 6.47. The second-order valence-electron chi connectivity index (χ2n) is 4.17. The van der Waals surface area contributed by atoms with Gasteiger partial charge in [-0.25, -0.2) is 9.59 Å². The van der Waals surface area contributed by atoms with Crippen LogP contribution in [0.5, 0.6) is 0 Å². The van der Waals surface area contributed by atoms with Crippen LogP contribution in [0.3, 0.4) is 0 Å². The summed E-state index contributed by atoms with van der Waals surface area (Å²) in [7, 11) is 0. The molecule has 0 aliphatic heterocycles. The lowest BCUT2D eigenvalue weighted by molar-refractivity contribution is 0.0697. The summed E-state index contributed by atoms with van der Waals surface area (Å²) < 4.78 is 0.567. The molecule has 20 heavy (non-hydrogen) atoms. The highest BCUT2D eigenvalue weighted by Gasteiger charge is 2.13. The van der Waals surface area contributed by atoms with Crippen molar-refractivity contribution in [2.75, 3.05) is 25.0 Å². The van der Waals surface area contributed by atoms with Gasteiger partial charge in [-0.3, -0.25) is 0 Å². The highest BCUT2D eigenvalue weighted by molar-refractivity contribution is 9.10. The van der Waals surface area contributed by atoms with Crippen LogP contribution in [0.15, 0.2) is 22.7 Å². The van der Waals surface area contributed by atoms with Crippen molar-refractivity contribution >= 4 is 33.6 Å². The summed E-state index contributed by atoms with van der Waals surface area (Å²) >= 11 is 3.20. The molecule has 1 rings (SSSR count). The van der Waals surface area contributed by atoms with E-state index in [1.807, 2.05) is 6.92 Å². The molecular formula is C13H17BrN2O4. The van der Waals surface area contributed by atoms with Gasteiger partial charge >= 0.3 is 12.0 Å². The third-order valence-corrected chi connectivity index (χ3v) is 3.00. The molecule has 0 heterocycles. The molecule has 6 nitrogen and oxygen atoms in total. The second kappa shape index (κ2) is 7.86. The first-order valence-corrected chi connectivity index (χ1v) is 6.98. The van der Waals surface area contributed by atoms with Gasteiger partial charge in [0.25, 0.3) is 0 Å². The van der Waals surface area contributed by atoms with Crippen molar-refractivity contribution in [1.29, 1.82) is 0 Å². The van der Waals surface area contributed by atoms with Crippen molar-refractivity contribution in [2.24, 2.45) is 0 Å². The number of carboxylic acid groups (broad SMARTS) is 1. The van der Waals surface area contributed by atoms with Crippen molar-refractivity contribution in [2.45, 2.75) is 13.3 Å². The van der Waals surface area contributed by atoms with Crippen molar-refractivity contribution in [3.05, 3.63) is 28.2 Å². The van der Waals surface area contributed by atoms with Gasteiger partial charge in [0.2, 0.25) is 0 Å². The van der Waals surface area contributed by atoms with E-state index in [0.717, 1.165) is 6.42 Å². The summed E-state index contributed by atoms with van der Waals surface area (Å²) in [5, 5.41) is 20.5. The van der Waals surface area contributed by atoms with Crippen LogP contribution in [0, 0.1) is 0 Å². The molecule has 0 spiro atoms. The number of amides is 2. The minimum atomic E-state index is -1.07. The quantitative estimate of drug-likeness (QED) is 0.738. The fourth-order valence-corrected chi connectivity index (χ4v) is 2.19. The Labute approximate surface area is 125 Å². The predicted octanol–water partition coefficient (Wildman–Crippen LogP) is 2.38. The molecular weight excluding hydrogens is 328 g/mol. The molecule has 110 valence electrons. The molecule has 0 aromatic heterocycles. The SMILES string of the molecule is CCCN(CCO)C(=O)Nc1cc(Br)cc(C(=O)O)c1. The smallest absolute Gasteiger partial charge is 0.335 e. The first-order valence-electron chi connectivity index (χ1n) is 6.18.